The number of nitrogens with zero attached hydrogens (tertiary/aromatic N) is 1. The van der Waals surface area contributed by atoms with Gasteiger partial charge in [0.1, 0.15) is 12.4 Å². The summed E-state index contributed by atoms with van der Waals surface area (Å²) >= 11 is 0. The summed E-state index contributed by atoms with van der Waals surface area (Å²) in [6.07, 6.45) is 1.65. The van der Waals surface area contributed by atoms with Gasteiger partial charge in [-0.2, -0.15) is 5.10 Å². The number of hydrazone groups is 1. The quantitative estimate of drug-likeness (QED) is 0.376. The molecule has 0 fully saturated rings. The average Bonchev–Trinajstić information content (AvgIpc) is 2.74. The molecule has 31 heavy (non-hydrogen) atoms. The molecule has 0 spiro atoms. The van der Waals surface area contributed by atoms with Crippen LogP contribution in [0.4, 0.5) is 0 Å². The van der Waals surface area contributed by atoms with E-state index in [1.54, 1.807) is 18.3 Å². The highest BCUT2D eigenvalue weighted by molar-refractivity contribution is 5.94. The number of nitrogens with one attached hydrogen (secondary N) is 1. The molecule has 160 valence electrons. The van der Waals surface area contributed by atoms with E-state index >= 15 is 0 Å². The molecule has 3 rings (SSSR count). The van der Waals surface area contributed by atoms with E-state index < -0.39 is 0 Å². The lowest BCUT2D eigenvalue weighted by molar-refractivity contribution is 0.0955. The van der Waals surface area contributed by atoms with Gasteiger partial charge in [-0.25, -0.2) is 5.43 Å². The van der Waals surface area contributed by atoms with E-state index in [4.69, 9.17) is 4.74 Å². The minimum atomic E-state index is -0.229. The summed E-state index contributed by atoms with van der Waals surface area (Å²) in [5, 5.41) is 4.10. The topological polar surface area (TPSA) is 50.7 Å². The Kier molecular flexibility index (Phi) is 7.24. The third-order valence-electron chi connectivity index (χ3n) is 5.21. The van der Waals surface area contributed by atoms with Gasteiger partial charge < -0.3 is 4.74 Å². The second-order valence-electron chi connectivity index (χ2n) is 8.23. The van der Waals surface area contributed by atoms with E-state index in [1.165, 1.54) is 5.56 Å². The SMILES string of the molecule is Cc1ccc(C(=O)N/N=C/c2cc(C)c(OCc3ccc(C(C)C)cc3)c(C)c2)cc1. The van der Waals surface area contributed by atoms with E-state index in [2.05, 4.69) is 48.6 Å². The fourth-order valence-corrected chi connectivity index (χ4v) is 3.38. The van der Waals surface area contributed by atoms with Crippen molar-refractivity contribution in [2.24, 2.45) is 5.10 Å². The lowest BCUT2D eigenvalue weighted by Gasteiger charge is -2.14. The number of hydrogen-bond donors (Lipinski definition) is 1. The molecule has 0 aliphatic rings. The molecule has 3 aromatic rings. The highest BCUT2D eigenvalue weighted by Gasteiger charge is 2.08. The Morgan fingerprint density at radius 2 is 1.58 bits per heavy atom. The molecule has 0 saturated carbocycles. The standard InChI is InChI=1S/C27H30N2O2/c1-18(2)24-12-8-22(9-13-24)17-31-26-20(4)14-23(15-21(26)5)16-28-29-27(30)25-10-6-19(3)7-11-25/h6-16,18H,17H2,1-5H3,(H,29,30)/b28-16+. The molecule has 0 unspecified atom stereocenters. The van der Waals surface area contributed by atoms with Gasteiger partial charge in [-0.05, 0) is 78.8 Å². The first kappa shape index (κ1) is 22.3. The van der Waals surface area contributed by atoms with Gasteiger partial charge in [-0.15, -0.1) is 0 Å². The summed E-state index contributed by atoms with van der Waals surface area (Å²) in [5.41, 5.74) is 9.72. The third kappa shape index (κ3) is 6.05. The molecule has 0 saturated heterocycles. The lowest BCUT2D eigenvalue weighted by Crippen LogP contribution is -2.17. The van der Waals surface area contributed by atoms with Crippen molar-refractivity contribution < 1.29 is 9.53 Å². The second kappa shape index (κ2) is 10.1. The number of carbonyl (C=O) groups excluding carboxylic acids is 1. The van der Waals surface area contributed by atoms with E-state index in [-0.39, 0.29) is 5.91 Å². The summed E-state index contributed by atoms with van der Waals surface area (Å²) in [6, 6.07) is 20.0. The third-order valence-corrected chi connectivity index (χ3v) is 5.21. The van der Waals surface area contributed by atoms with Gasteiger partial charge >= 0.3 is 0 Å². The van der Waals surface area contributed by atoms with Crippen LogP contribution in [-0.4, -0.2) is 12.1 Å². The van der Waals surface area contributed by atoms with Crippen molar-refractivity contribution in [3.05, 3.63) is 99.6 Å². The molecule has 0 radical (unpaired) electrons. The fraction of sp³-hybridized carbons (Fsp3) is 0.259. The first-order valence-corrected chi connectivity index (χ1v) is 10.6. The number of carbonyl (C=O) groups is 1. The number of benzene rings is 3. The Morgan fingerprint density at radius 3 is 2.16 bits per heavy atom. The van der Waals surface area contributed by atoms with E-state index in [0.29, 0.717) is 18.1 Å². The predicted molar refractivity (Wildman–Crippen MR) is 127 cm³/mol. The Hall–Kier alpha value is -3.40. The van der Waals surface area contributed by atoms with Crippen LogP contribution in [0.2, 0.25) is 0 Å². The van der Waals surface area contributed by atoms with Crippen molar-refractivity contribution in [2.75, 3.05) is 0 Å². The maximum absolute atomic E-state index is 12.2. The molecular formula is C27H30N2O2. The van der Waals surface area contributed by atoms with Crippen molar-refractivity contribution in [3.63, 3.8) is 0 Å². The maximum Gasteiger partial charge on any atom is 0.271 e. The summed E-state index contributed by atoms with van der Waals surface area (Å²) < 4.78 is 6.10. The Morgan fingerprint density at radius 1 is 0.968 bits per heavy atom. The minimum absolute atomic E-state index is 0.229. The van der Waals surface area contributed by atoms with Crippen molar-refractivity contribution in [2.45, 2.75) is 47.1 Å². The normalized spacial score (nSPS) is 11.2. The van der Waals surface area contributed by atoms with Crippen LogP contribution in [0.25, 0.3) is 0 Å². The van der Waals surface area contributed by atoms with Gasteiger partial charge in [0, 0.05) is 5.56 Å². The first-order chi connectivity index (χ1) is 14.8. The zero-order valence-corrected chi connectivity index (χ0v) is 18.9. The van der Waals surface area contributed by atoms with Gasteiger partial charge in [0.15, 0.2) is 0 Å². The van der Waals surface area contributed by atoms with Crippen LogP contribution < -0.4 is 10.2 Å². The molecule has 3 aromatic carbocycles. The molecular weight excluding hydrogens is 384 g/mol. The first-order valence-electron chi connectivity index (χ1n) is 10.6. The predicted octanol–water partition coefficient (Wildman–Crippen LogP) is 6.08. The largest absolute Gasteiger partial charge is 0.488 e. The zero-order chi connectivity index (χ0) is 22.4. The molecule has 0 atom stereocenters. The van der Waals surface area contributed by atoms with Gasteiger partial charge in [0.05, 0.1) is 6.21 Å². The van der Waals surface area contributed by atoms with Crippen LogP contribution in [0.15, 0.2) is 65.8 Å². The highest BCUT2D eigenvalue weighted by atomic mass is 16.5. The van der Waals surface area contributed by atoms with Crippen molar-refractivity contribution in [1.29, 1.82) is 0 Å². The summed E-state index contributed by atoms with van der Waals surface area (Å²) in [6.45, 7) is 10.9. The number of ether oxygens (including phenoxy) is 1. The number of rotatable bonds is 7. The Labute approximate surface area is 185 Å². The van der Waals surface area contributed by atoms with Crippen LogP contribution in [0.1, 0.15) is 63.5 Å². The minimum Gasteiger partial charge on any atom is -0.488 e. The monoisotopic (exact) mass is 414 g/mol. The van der Waals surface area contributed by atoms with E-state index in [0.717, 1.165) is 33.6 Å². The average molecular weight is 415 g/mol. The van der Waals surface area contributed by atoms with E-state index in [1.807, 2.05) is 45.0 Å². The molecule has 0 aromatic heterocycles. The van der Waals surface area contributed by atoms with Crippen LogP contribution in [0.3, 0.4) is 0 Å². The van der Waals surface area contributed by atoms with Crippen LogP contribution >= 0.6 is 0 Å². The zero-order valence-electron chi connectivity index (χ0n) is 18.9. The van der Waals surface area contributed by atoms with Crippen molar-refractivity contribution >= 4 is 12.1 Å². The van der Waals surface area contributed by atoms with Gasteiger partial charge in [-0.1, -0.05) is 55.8 Å². The summed E-state index contributed by atoms with van der Waals surface area (Å²) in [7, 11) is 0. The van der Waals surface area contributed by atoms with Crippen LogP contribution in [0.5, 0.6) is 5.75 Å². The Bertz CT molecular complexity index is 1040. The number of hydrogen-bond acceptors (Lipinski definition) is 3. The smallest absolute Gasteiger partial charge is 0.271 e. The van der Waals surface area contributed by atoms with Gasteiger partial charge in [0.2, 0.25) is 0 Å². The number of aryl methyl sites for hydroxylation is 3. The molecule has 4 nitrogen and oxygen atoms in total. The van der Waals surface area contributed by atoms with Gasteiger partial charge in [-0.3, -0.25) is 4.79 Å². The van der Waals surface area contributed by atoms with Crippen LogP contribution in [-0.2, 0) is 6.61 Å². The lowest BCUT2D eigenvalue weighted by atomic mass is 10.0. The number of amides is 1. The van der Waals surface area contributed by atoms with Crippen molar-refractivity contribution in [3.8, 4) is 5.75 Å². The molecule has 0 heterocycles. The summed E-state index contributed by atoms with van der Waals surface area (Å²) in [4.78, 5) is 12.2. The molecule has 0 bridgehead atoms. The molecule has 1 N–H and O–H groups in total. The molecule has 0 aliphatic heterocycles. The van der Waals surface area contributed by atoms with Gasteiger partial charge in [0.25, 0.3) is 5.91 Å². The maximum atomic E-state index is 12.2. The summed E-state index contributed by atoms with van der Waals surface area (Å²) in [5.74, 6) is 1.18. The molecule has 1 amide bonds. The van der Waals surface area contributed by atoms with Crippen molar-refractivity contribution in [1.82, 2.24) is 5.43 Å². The highest BCUT2D eigenvalue weighted by Crippen LogP contribution is 2.25. The molecule has 4 heteroatoms. The fourth-order valence-electron chi connectivity index (χ4n) is 3.38. The second-order valence-corrected chi connectivity index (χ2v) is 8.23. The Balaban J connectivity index is 1.62. The van der Waals surface area contributed by atoms with E-state index in [9.17, 15) is 4.79 Å². The van der Waals surface area contributed by atoms with Crippen LogP contribution in [0, 0.1) is 20.8 Å². The molecule has 0 aliphatic carbocycles.